The number of nitrogens with one attached hydrogen (secondary N) is 1. The van der Waals surface area contributed by atoms with Crippen LogP contribution in [0.15, 0.2) is 24.3 Å². The number of rotatable bonds is 5. The highest BCUT2D eigenvalue weighted by Crippen LogP contribution is 2.30. The summed E-state index contributed by atoms with van der Waals surface area (Å²) in [6, 6.07) is 8.20. The number of carbonyl (C=O) groups is 1. The predicted molar refractivity (Wildman–Crippen MR) is 83.0 cm³/mol. The van der Waals surface area contributed by atoms with Gasteiger partial charge in [0.05, 0.1) is 4.88 Å². The molecule has 102 valence electrons. The van der Waals surface area contributed by atoms with Gasteiger partial charge in [-0.25, -0.2) is 0 Å². The first-order valence-corrected chi connectivity index (χ1v) is 7.75. The van der Waals surface area contributed by atoms with Crippen LogP contribution < -0.4 is 5.32 Å². The summed E-state index contributed by atoms with van der Waals surface area (Å²) in [6.07, 6.45) is 2.23. The summed E-state index contributed by atoms with van der Waals surface area (Å²) >= 11 is 1.59. The molecule has 0 saturated heterocycles. The number of carbonyl (C=O) groups excluding carboxylic acids is 1. The van der Waals surface area contributed by atoms with E-state index in [-0.39, 0.29) is 5.91 Å². The molecule has 2 nitrogen and oxygen atoms in total. The lowest BCUT2D eigenvalue weighted by Crippen LogP contribution is -2.28. The van der Waals surface area contributed by atoms with Crippen molar-refractivity contribution in [3.8, 4) is 0 Å². The molecule has 2 rings (SSSR count). The second-order valence-corrected chi connectivity index (χ2v) is 6.00. The van der Waals surface area contributed by atoms with Gasteiger partial charge in [-0.2, -0.15) is 0 Å². The molecule has 0 radical (unpaired) electrons. The molecule has 1 heterocycles. The summed E-state index contributed by atoms with van der Waals surface area (Å²) in [5, 5.41) is 4.27. The van der Waals surface area contributed by atoms with E-state index in [9.17, 15) is 4.79 Å². The van der Waals surface area contributed by atoms with Crippen LogP contribution in [0.4, 0.5) is 0 Å². The van der Waals surface area contributed by atoms with Crippen LogP contribution in [-0.4, -0.2) is 12.5 Å². The molecule has 19 heavy (non-hydrogen) atoms. The molecular weight excluding hydrogens is 254 g/mol. The monoisotopic (exact) mass is 275 g/mol. The molecule has 1 amide bonds. The van der Waals surface area contributed by atoms with Crippen LogP contribution in [-0.2, 0) is 0 Å². The van der Waals surface area contributed by atoms with Crippen molar-refractivity contribution in [3.05, 3.63) is 34.7 Å². The average Bonchev–Trinajstić information content (AvgIpc) is 2.78. The number of aryl methyl sites for hydroxylation is 1. The Balaban J connectivity index is 2.15. The van der Waals surface area contributed by atoms with E-state index in [0.29, 0.717) is 5.92 Å². The van der Waals surface area contributed by atoms with Gasteiger partial charge in [0.2, 0.25) is 0 Å². The van der Waals surface area contributed by atoms with E-state index in [1.165, 1.54) is 10.1 Å². The van der Waals surface area contributed by atoms with Crippen molar-refractivity contribution in [1.82, 2.24) is 5.32 Å². The molecule has 0 unspecified atom stereocenters. The first kappa shape index (κ1) is 14.1. The van der Waals surface area contributed by atoms with Gasteiger partial charge in [-0.05, 0) is 29.9 Å². The number of benzene rings is 1. The molecule has 1 N–H and O–H groups in total. The third-order valence-electron chi connectivity index (χ3n) is 3.76. The zero-order valence-corrected chi connectivity index (χ0v) is 12.6. The minimum Gasteiger partial charge on any atom is -0.351 e. The van der Waals surface area contributed by atoms with Crippen LogP contribution in [0.3, 0.4) is 0 Å². The van der Waals surface area contributed by atoms with Gasteiger partial charge in [-0.15, -0.1) is 11.3 Å². The van der Waals surface area contributed by atoms with Crippen molar-refractivity contribution >= 4 is 27.3 Å². The van der Waals surface area contributed by atoms with E-state index in [1.54, 1.807) is 11.3 Å². The first-order chi connectivity index (χ1) is 9.17. The molecule has 1 aromatic carbocycles. The standard InChI is InChI=1S/C16H21NOS/c1-4-12(5-2)10-17-16(18)15-11(3)13-8-6-7-9-14(13)19-15/h6-9,12H,4-5,10H2,1-3H3,(H,17,18). The molecule has 0 spiro atoms. The van der Waals surface area contributed by atoms with E-state index in [1.807, 2.05) is 19.1 Å². The van der Waals surface area contributed by atoms with E-state index >= 15 is 0 Å². The van der Waals surface area contributed by atoms with Gasteiger partial charge in [0.15, 0.2) is 0 Å². The second kappa shape index (κ2) is 6.20. The summed E-state index contributed by atoms with van der Waals surface area (Å²) in [7, 11) is 0. The fourth-order valence-electron chi connectivity index (χ4n) is 2.29. The van der Waals surface area contributed by atoms with Gasteiger partial charge in [-0.1, -0.05) is 44.9 Å². The minimum absolute atomic E-state index is 0.0746. The maximum atomic E-state index is 12.3. The lowest BCUT2D eigenvalue weighted by molar-refractivity contribution is 0.0950. The Labute approximate surface area is 118 Å². The van der Waals surface area contributed by atoms with Gasteiger partial charge >= 0.3 is 0 Å². The number of thiophene rings is 1. The zero-order valence-electron chi connectivity index (χ0n) is 11.8. The van der Waals surface area contributed by atoms with Gasteiger partial charge in [0.1, 0.15) is 0 Å². The number of hydrogen-bond acceptors (Lipinski definition) is 2. The lowest BCUT2D eigenvalue weighted by atomic mass is 10.0. The number of fused-ring (bicyclic) bond motifs is 1. The van der Waals surface area contributed by atoms with Gasteiger partial charge in [0, 0.05) is 11.2 Å². The van der Waals surface area contributed by atoms with Crippen LogP contribution >= 0.6 is 11.3 Å². The highest BCUT2D eigenvalue weighted by molar-refractivity contribution is 7.21. The first-order valence-electron chi connectivity index (χ1n) is 6.93. The van der Waals surface area contributed by atoms with Crippen LogP contribution in [0.2, 0.25) is 0 Å². The largest absolute Gasteiger partial charge is 0.351 e. The summed E-state index contributed by atoms with van der Waals surface area (Å²) < 4.78 is 1.19. The Hall–Kier alpha value is -1.35. The van der Waals surface area contributed by atoms with E-state index in [0.717, 1.165) is 29.8 Å². The number of hydrogen-bond donors (Lipinski definition) is 1. The van der Waals surface area contributed by atoms with Crippen molar-refractivity contribution < 1.29 is 4.79 Å². The molecule has 0 bridgehead atoms. The fourth-order valence-corrected chi connectivity index (χ4v) is 3.41. The van der Waals surface area contributed by atoms with Crippen LogP contribution in [0, 0.1) is 12.8 Å². The third-order valence-corrected chi connectivity index (χ3v) is 5.03. The highest BCUT2D eigenvalue weighted by atomic mass is 32.1. The van der Waals surface area contributed by atoms with E-state index in [4.69, 9.17) is 0 Å². The SMILES string of the molecule is CCC(CC)CNC(=O)c1sc2ccccc2c1C. The van der Waals surface area contributed by atoms with Crippen molar-refractivity contribution in [2.75, 3.05) is 6.54 Å². The zero-order chi connectivity index (χ0) is 13.8. The summed E-state index contributed by atoms with van der Waals surface area (Å²) in [4.78, 5) is 13.1. The van der Waals surface area contributed by atoms with Gasteiger partial charge in [-0.3, -0.25) is 4.79 Å². The lowest BCUT2D eigenvalue weighted by Gasteiger charge is -2.12. The molecular formula is C16H21NOS. The Morgan fingerprint density at radius 3 is 2.58 bits per heavy atom. The molecule has 1 aromatic heterocycles. The topological polar surface area (TPSA) is 29.1 Å². The Bertz CT molecular complexity index is 569. The summed E-state index contributed by atoms with van der Waals surface area (Å²) in [5.41, 5.74) is 1.10. The maximum Gasteiger partial charge on any atom is 0.261 e. The Morgan fingerprint density at radius 2 is 1.95 bits per heavy atom. The van der Waals surface area contributed by atoms with Gasteiger partial charge < -0.3 is 5.32 Å². The third kappa shape index (κ3) is 2.98. The molecule has 0 saturated carbocycles. The van der Waals surface area contributed by atoms with Crippen molar-refractivity contribution in [3.63, 3.8) is 0 Å². The summed E-state index contributed by atoms with van der Waals surface area (Å²) in [6.45, 7) is 7.15. The smallest absolute Gasteiger partial charge is 0.261 e. The van der Waals surface area contributed by atoms with Gasteiger partial charge in [0.25, 0.3) is 5.91 Å². The molecule has 0 fully saturated rings. The second-order valence-electron chi connectivity index (χ2n) is 4.94. The fraction of sp³-hybridized carbons (Fsp3) is 0.438. The molecule has 0 aliphatic rings. The van der Waals surface area contributed by atoms with Crippen molar-refractivity contribution in [2.45, 2.75) is 33.6 Å². The average molecular weight is 275 g/mol. The van der Waals surface area contributed by atoms with Crippen LogP contribution in [0.25, 0.3) is 10.1 Å². The maximum absolute atomic E-state index is 12.3. The molecule has 2 aromatic rings. The normalized spacial score (nSPS) is 11.2. The van der Waals surface area contributed by atoms with Crippen molar-refractivity contribution in [1.29, 1.82) is 0 Å². The molecule has 0 aliphatic heterocycles. The predicted octanol–water partition coefficient (Wildman–Crippen LogP) is 4.38. The molecule has 0 atom stereocenters. The van der Waals surface area contributed by atoms with Crippen LogP contribution in [0.1, 0.15) is 41.9 Å². The van der Waals surface area contributed by atoms with Crippen molar-refractivity contribution in [2.24, 2.45) is 5.92 Å². The van der Waals surface area contributed by atoms with Crippen LogP contribution in [0.5, 0.6) is 0 Å². The Morgan fingerprint density at radius 1 is 1.26 bits per heavy atom. The summed E-state index contributed by atoms with van der Waals surface area (Å²) in [5.74, 6) is 0.657. The quantitative estimate of drug-likeness (QED) is 0.862. The number of amides is 1. The highest BCUT2D eigenvalue weighted by Gasteiger charge is 2.15. The molecule has 3 heteroatoms. The molecule has 0 aliphatic carbocycles. The Kier molecular flexibility index (Phi) is 4.59. The van der Waals surface area contributed by atoms with E-state index in [2.05, 4.69) is 31.3 Å². The minimum atomic E-state index is 0.0746. The van der Waals surface area contributed by atoms with E-state index < -0.39 is 0 Å².